The summed E-state index contributed by atoms with van der Waals surface area (Å²) in [5.74, 6) is -0.174. The number of pyridine rings is 1. The standard InChI is InChI=1S/C21H24F2N2O/c1-4-7-13-12-21(2,3)15-9-5-10-16(17(13)15)25-20(26)14-8-6-11-24-18(14)19(22)23/h5-6,8-11,13,19H,4,7,12H2,1-3H3,(H,25,26)/t13-/m1/s1. The van der Waals surface area contributed by atoms with Crippen LogP contribution in [-0.2, 0) is 5.41 Å². The highest BCUT2D eigenvalue weighted by Gasteiger charge is 2.38. The number of nitrogens with one attached hydrogen (secondary N) is 1. The molecule has 1 N–H and O–H groups in total. The first kappa shape index (κ1) is 18.5. The molecule has 0 fully saturated rings. The Morgan fingerprint density at radius 1 is 1.31 bits per heavy atom. The zero-order valence-corrected chi connectivity index (χ0v) is 15.4. The fourth-order valence-corrected chi connectivity index (χ4v) is 4.10. The van der Waals surface area contributed by atoms with E-state index in [9.17, 15) is 13.6 Å². The van der Waals surface area contributed by atoms with Crippen molar-refractivity contribution in [2.24, 2.45) is 0 Å². The fourth-order valence-electron chi connectivity index (χ4n) is 4.10. The van der Waals surface area contributed by atoms with Crippen LogP contribution < -0.4 is 5.32 Å². The van der Waals surface area contributed by atoms with Crippen LogP contribution in [0, 0.1) is 0 Å². The maximum absolute atomic E-state index is 13.2. The minimum Gasteiger partial charge on any atom is -0.322 e. The summed E-state index contributed by atoms with van der Waals surface area (Å²) in [7, 11) is 0. The van der Waals surface area contributed by atoms with Gasteiger partial charge in [0.1, 0.15) is 5.69 Å². The van der Waals surface area contributed by atoms with E-state index < -0.39 is 18.0 Å². The Balaban J connectivity index is 1.98. The van der Waals surface area contributed by atoms with Gasteiger partial charge in [-0.2, -0.15) is 0 Å². The van der Waals surface area contributed by atoms with Crippen LogP contribution >= 0.6 is 0 Å². The van der Waals surface area contributed by atoms with Gasteiger partial charge in [-0.1, -0.05) is 39.3 Å². The summed E-state index contributed by atoms with van der Waals surface area (Å²) in [6, 6.07) is 8.77. The van der Waals surface area contributed by atoms with Crippen LogP contribution in [0.3, 0.4) is 0 Å². The number of carbonyl (C=O) groups is 1. The molecule has 0 bridgehead atoms. The maximum atomic E-state index is 13.2. The van der Waals surface area contributed by atoms with Gasteiger partial charge in [0.2, 0.25) is 0 Å². The average Bonchev–Trinajstić information content (AvgIpc) is 2.86. The summed E-state index contributed by atoms with van der Waals surface area (Å²) in [4.78, 5) is 16.4. The monoisotopic (exact) mass is 358 g/mol. The summed E-state index contributed by atoms with van der Waals surface area (Å²) in [6.07, 6.45) is 1.61. The number of aromatic nitrogens is 1. The van der Waals surface area contributed by atoms with Gasteiger partial charge in [0.25, 0.3) is 12.3 Å². The Kier molecular flexibility index (Phi) is 5.08. The third kappa shape index (κ3) is 3.35. The SMILES string of the molecule is CCC[C@@H]1CC(C)(C)c2cccc(NC(=O)c3cccnc3C(F)F)c21. The molecule has 2 aromatic rings. The van der Waals surface area contributed by atoms with Crippen molar-refractivity contribution in [3.63, 3.8) is 0 Å². The highest BCUT2D eigenvalue weighted by atomic mass is 19.3. The zero-order chi connectivity index (χ0) is 18.9. The second-order valence-electron chi connectivity index (χ2n) is 7.53. The maximum Gasteiger partial charge on any atom is 0.281 e. The van der Waals surface area contributed by atoms with Crippen LogP contribution in [0.5, 0.6) is 0 Å². The molecule has 0 radical (unpaired) electrons. The number of rotatable bonds is 5. The smallest absolute Gasteiger partial charge is 0.281 e. The minimum atomic E-state index is -2.79. The average molecular weight is 358 g/mol. The first-order valence-corrected chi connectivity index (χ1v) is 9.03. The van der Waals surface area contributed by atoms with E-state index in [0.29, 0.717) is 5.92 Å². The van der Waals surface area contributed by atoms with Crippen molar-refractivity contribution < 1.29 is 13.6 Å². The van der Waals surface area contributed by atoms with Crippen molar-refractivity contribution in [3.05, 3.63) is 58.9 Å². The van der Waals surface area contributed by atoms with Gasteiger partial charge in [-0.25, -0.2) is 8.78 Å². The van der Waals surface area contributed by atoms with Gasteiger partial charge in [-0.05, 0) is 53.5 Å². The molecule has 3 nitrogen and oxygen atoms in total. The predicted molar refractivity (Wildman–Crippen MR) is 98.9 cm³/mol. The van der Waals surface area contributed by atoms with Crippen molar-refractivity contribution >= 4 is 11.6 Å². The third-order valence-electron chi connectivity index (χ3n) is 5.18. The van der Waals surface area contributed by atoms with Gasteiger partial charge in [0.15, 0.2) is 0 Å². The van der Waals surface area contributed by atoms with Crippen molar-refractivity contribution in [3.8, 4) is 0 Å². The van der Waals surface area contributed by atoms with Crippen LogP contribution in [0.2, 0.25) is 0 Å². The van der Waals surface area contributed by atoms with Crippen molar-refractivity contribution in [1.29, 1.82) is 0 Å². The molecule has 26 heavy (non-hydrogen) atoms. The van der Waals surface area contributed by atoms with Crippen molar-refractivity contribution in [2.45, 2.75) is 57.8 Å². The van der Waals surface area contributed by atoms with Crippen LogP contribution in [0.4, 0.5) is 14.5 Å². The summed E-state index contributed by atoms with van der Waals surface area (Å²) in [5.41, 5.74) is 2.58. The van der Waals surface area contributed by atoms with Gasteiger partial charge in [-0.3, -0.25) is 9.78 Å². The van der Waals surface area contributed by atoms with E-state index in [0.717, 1.165) is 30.5 Å². The number of alkyl halides is 2. The molecule has 1 aromatic carbocycles. The lowest BCUT2D eigenvalue weighted by Gasteiger charge is -2.19. The topological polar surface area (TPSA) is 42.0 Å². The largest absolute Gasteiger partial charge is 0.322 e. The van der Waals surface area contributed by atoms with E-state index in [1.54, 1.807) is 0 Å². The molecule has 0 saturated carbocycles. The molecule has 1 aliphatic rings. The second kappa shape index (κ2) is 7.14. The van der Waals surface area contributed by atoms with Crippen molar-refractivity contribution in [2.75, 3.05) is 5.32 Å². The number of hydrogen-bond acceptors (Lipinski definition) is 2. The van der Waals surface area contributed by atoms with Crippen LogP contribution in [0.1, 0.15) is 79.6 Å². The fraction of sp³-hybridized carbons (Fsp3) is 0.429. The number of amides is 1. The molecule has 0 unspecified atom stereocenters. The first-order valence-electron chi connectivity index (χ1n) is 9.03. The Hall–Kier alpha value is -2.30. The zero-order valence-electron chi connectivity index (χ0n) is 15.4. The molecule has 5 heteroatoms. The molecule has 3 rings (SSSR count). The number of halogens is 2. The number of anilines is 1. The molecule has 0 aliphatic heterocycles. The lowest BCUT2D eigenvalue weighted by Crippen LogP contribution is -2.17. The summed E-state index contributed by atoms with van der Waals surface area (Å²) in [6.45, 7) is 6.57. The predicted octanol–water partition coefficient (Wildman–Crippen LogP) is 5.84. The lowest BCUT2D eigenvalue weighted by atomic mass is 9.85. The first-order chi connectivity index (χ1) is 12.3. The van der Waals surface area contributed by atoms with E-state index in [1.807, 2.05) is 12.1 Å². The van der Waals surface area contributed by atoms with E-state index in [4.69, 9.17) is 0 Å². The van der Waals surface area contributed by atoms with Gasteiger partial charge in [-0.15, -0.1) is 0 Å². The van der Waals surface area contributed by atoms with Gasteiger partial charge < -0.3 is 5.32 Å². The molecule has 1 aromatic heterocycles. The Morgan fingerprint density at radius 2 is 2.08 bits per heavy atom. The van der Waals surface area contributed by atoms with E-state index in [1.165, 1.54) is 23.9 Å². The quantitative estimate of drug-likeness (QED) is 0.730. The highest BCUT2D eigenvalue weighted by molar-refractivity contribution is 6.05. The Morgan fingerprint density at radius 3 is 2.77 bits per heavy atom. The van der Waals surface area contributed by atoms with Gasteiger partial charge in [0, 0.05) is 11.9 Å². The molecule has 0 saturated heterocycles. The molecular formula is C21H24F2N2O. The normalized spacial score (nSPS) is 18.0. The van der Waals surface area contributed by atoms with E-state index in [-0.39, 0.29) is 11.0 Å². The Bertz CT molecular complexity index is 817. The highest BCUT2D eigenvalue weighted by Crippen LogP contribution is 2.50. The number of nitrogens with zero attached hydrogens (tertiary/aromatic N) is 1. The van der Waals surface area contributed by atoms with E-state index >= 15 is 0 Å². The van der Waals surface area contributed by atoms with Crippen LogP contribution in [-0.4, -0.2) is 10.9 Å². The number of benzene rings is 1. The van der Waals surface area contributed by atoms with Crippen LogP contribution in [0.15, 0.2) is 36.5 Å². The van der Waals surface area contributed by atoms with Gasteiger partial charge in [0.05, 0.1) is 5.56 Å². The summed E-state index contributed by atoms with van der Waals surface area (Å²) < 4.78 is 26.3. The molecule has 138 valence electrons. The molecule has 1 amide bonds. The van der Waals surface area contributed by atoms with E-state index in [2.05, 4.69) is 37.1 Å². The molecular weight excluding hydrogens is 334 g/mol. The van der Waals surface area contributed by atoms with Crippen LogP contribution in [0.25, 0.3) is 0 Å². The molecule has 0 spiro atoms. The molecule has 1 aliphatic carbocycles. The lowest BCUT2D eigenvalue weighted by molar-refractivity contribution is 0.100. The van der Waals surface area contributed by atoms with Gasteiger partial charge >= 0.3 is 0 Å². The summed E-state index contributed by atoms with van der Waals surface area (Å²) in [5, 5.41) is 2.87. The molecule has 1 heterocycles. The summed E-state index contributed by atoms with van der Waals surface area (Å²) >= 11 is 0. The second-order valence-corrected chi connectivity index (χ2v) is 7.53. The number of carbonyl (C=O) groups excluding carboxylic acids is 1. The number of hydrogen-bond donors (Lipinski definition) is 1. The minimum absolute atomic E-state index is 0.0400. The Labute approximate surface area is 152 Å². The number of fused-ring (bicyclic) bond motifs is 1. The van der Waals surface area contributed by atoms with Crippen molar-refractivity contribution in [1.82, 2.24) is 4.98 Å². The molecule has 1 atom stereocenters. The third-order valence-corrected chi connectivity index (χ3v) is 5.18.